The van der Waals surface area contributed by atoms with E-state index in [1.807, 2.05) is 24.4 Å². The van der Waals surface area contributed by atoms with Crippen molar-refractivity contribution >= 4 is 22.9 Å². The van der Waals surface area contributed by atoms with Gasteiger partial charge in [-0.1, -0.05) is 30.3 Å². The number of rotatable bonds is 5. The van der Waals surface area contributed by atoms with Gasteiger partial charge in [0.15, 0.2) is 12.7 Å². The second kappa shape index (κ2) is 7.07. The van der Waals surface area contributed by atoms with Crippen LogP contribution in [0.1, 0.15) is 11.3 Å². The van der Waals surface area contributed by atoms with Crippen molar-refractivity contribution < 1.29 is 9.30 Å². The molecule has 2 N–H and O–H groups in total. The van der Waals surface area contributed by atoms with Crippen molar-refractivity contribution in [1.29, 1.82) is 0 Å². The van der Waals surface area contributed by atoms with E-state index in [1.165, 1.54) is 10.8 Å². The van der Waals surface area contributed by atoms with Crippen LogP contribution < -0.4 is 15.0 Å². The molecule has 3 rings (SSSR count). The number of nitrogens with zero attached hydrogens (tertiary/aromatic N) is 1. The number of benzene rings is 2. The molecule has 0 atom stereocenters. The molecule has 0 spiro atoms. The highest BCUT2D eigenvalue weighted by molar-refractivity contribution is 5.95. The van der Waals surface area contributed by atoms with Gasteiger partial charge in [-0.3, -0.25) is 0 Å². The summed E-state index contributed by atoms with van der Waals surface area (Å²) in [5.74, 6) is 0.876. The molecule has 1 aromatic heterocycles. The Morgan fingerprint density at radius 3 is 2.65 bits per heavy atom. The van der Waals surface area contributed by atoms with Gasteiger partial charge in [-0.2, -0.15) is 4.57 Å². The largest absolute Gasteiger partial charge is 0.496 e. The number of hydrogen-bond acceptors (Lipinski definition) is 2. The fraction of sp³-hybridized carbons (Fsp3) is 0.150. The molecule has 2 aromatic carbocycles. The van der Waals surface area contributed by atoms with Gasteiger partial charge < -0.3 is 10.5 Å². The Morgan fingerprint density at radius 1 is 1.00 bits per heavy atom. The minimum atomic E-state index is 0.618. The lowest BCUT2D eigenvalue weighted by Crippen LogP contribution is -2.39. The third-order valence-corrected chi connectivity index (χ3v) is 3.92. The monoisotopic (exact) mass is 305 g/mol. The van der Waals surface area contributed by atoms with E-state index in [2.05, 4.69) is 53.1 Å². The highest BCUT2D eigenvalue weighted by Crippen LogP contribution is 2.29. The summed E-state index contributed by atoms with van der Waals surface area (Å²) in [4.78, 5) is 0. The Hall–Kier alpha value is -2.65. The predicted molar refractivity (Wildman–Crippen MR) is 95.1 cm³/mol. The van der Waals surface area contributed by atoms with Crippen LogP contribution in [0.15, 0.2) is 60.8 Å². The maximum atomic E-state index is 5.69. The maximum Gasteiger partial charge on any atom is 0.205 e. The van der Waals surface area contributed by atoms with E-state index >= 15 is 0 Å². The van der Waals surface area contributed by atoms with Crippen molar-refractivity contribution in [2.45, 2.75) is 6.54 Å². The third kappa shape index (κ3) is 3.25. The van der Waals surface area contributed by atoms with E-state index in [1.54, 1.807) is 7.11 Å². The summed E-state index contributed by atoms with van der Waals surface area (Å²) in [7, 11) is 1.71. The van der Waals surface area contributed by atoms with Crippen LogP contribution in [0.5, 0.6) is 5.75 Å². The molecule has 0 aliphatic rings. The molecule has 0 fully saturated rings. The minimum absolute atomic E-state index is 0.618. The van der Waals surface area contributed by atoms with Crippen LogP contribution in [0.3, 0.4) is 0 Å². The molecule has 116 valence electrons. The molecule has 23 heavy (non-hydrogen) atoms. The average molecular weight is 305 g/mol. The molecule has 1 heterocycles. The van der Waals surface area contributed by atoms with Gasteiger partial charge in [-0.15, -0.1) is 0 Å². The molecular formula is C20H21N2O+. The maximum absolute atomic E-state index is 5.69. The van der Waals surface area contributed by atoms with Crippen LogP contribution in [-0.4, -0.2) is 13.7 Å². The molecule has 0 saturated carbocycles. The van der Waals surface area contributed by atoms with Gasteiger partial charge >= 0.3 is 0 Å². The number of aromatic nitrogens is 1. The number of fused-ring (bicyclic) bond motifs is 1. The zero-order chi connectivity index (χ0) is 16.1. The summed E-state index contributed by atoms with van der Waals surface area (Å²) in [6.07, 6.45) is 6.27. The summed E-state index contributed by atoms with van der Waals surface area (Å²) in [6.45, 7) is 1.42. The molecule has 3 heteroatoms. The molecule has 0 radical (unpaired) electrons. The zero-order valence-corrected chi connectivity index (χ0v) is 13.3. The lowest BCUT2D eigenvalue weighted by Gasteiger charge is -2.08. The zero-order valence-electron chi connectivity index (χ0n) is 13.3. The molecule has 0 aliphatic heterocycles. The van der Waals surface area contributed by atoms with Crippen molar-refractivity contribution in [1.82, 2.24) is 0 Å². The average Bonchev–Trinajstić information content (AvgIpc) is 2.61. The smallest absolute Gasteiger partial charge is 0.205 e. The standard InChI is InChI=1S/C20H21N2O/c1-23-20-12-9-16-6-2-3-8-18(16)19(20)11-10-17-7-4-5-14-22(17)15-13-21/h2-12,14H,13,15,21H2,1H3/q+1/b11-10+. The Balaban J connectivity index is 2.07. The van der Waals surface area contributed by atoms with E-state index in [4.69, 9.17) is 10.5 Å². The van der Waals surface area contributed by atoms with Gasteiger partial charge in [0.25, 0.3) is 0 Å². The first-order chi connectivity index (χ1) is 11.3. The molecule has 0 aliphatic carbocycles. The second-order valence-corrected chi connectivity index (χ2v) is 5.34. The lowest BCUT2D eigenvalue weighted by atomic mass is 10.0. The highest BCUT2D eigenvalue weighted by atomic mass is 16.5. The molecular weight excluding hydrogens is 284 g/mol. The quantitative estimate of drug-likeness (QED) is 0.735. The van der Waals surface area contributed by atoms with Crippen molar-refractivity contribution in [3.8, 4) is 5.75 Å². The summed E-state index contributed by atoms with van der Waals surface area (Å²) in [5, 5.41) is 2.39. The first kappa shape index (κ1) is 15.3. The van der Waals surface area contributed by atoms with Crippen molar-refractivity contribution in [3.05, 3.63) is 72.1 Å². The van der Waals surface area contributed by atoms with Gasteiger partial charge in [0.05, 0.1) is 13.7 Å². The molecule has 0 amide bonds. The highest BCUT2D eigenvalue weighted by Gasteiger charge is 2.08. The van der Waals surface area contributed by atoms with Crippen LogP contribution in [0, 0.1) is 0 Å². The van der Waals surface area contributed by atoms with Gasteiger partial charge in [-0.25, -0.2) is 0 Å². The van der Waals surface area contributed by atoms with Gasteiger partial charge in [0, 0.05) is 23.8 Å². The minimum Gasteiger partial charge on any atom is -0.496 e. The molecule has 3 nitrogen and oxygen atoms in total. The van der Waals surface area contributed by atoms with Gasteiger partial charge in [0.1, 0.15) is 5.75 Å². The van der Waals surface area contributed by atoms with Crippen LogP contribution in [0.2, 0.25) is 0 Å². The topological polar surface area (TPSA) is 39.1 Å². The van der Waals surface area contributed by atoms with E-state index in [-0.39, 0.29) is 0 Å². The summed E-state index contributed by atoms with van der Waals surface area (Å²) >= 11 is 0. The normalized spacial score (nSPS) is 11.2. The van der Waals surface area contributed by atoms with Gasteiger partial charge in [-0.05, 0) is 29.0 Å². The van der Waals surface area contributed by atoms with Crippen molar-refractivity contribution in [3.63, 3.8) is 0 Å². The fourth-order valence-electron chi connectivity index (χ4n) is 2.78. The number of hydrogen-bond donors (Lipinski definition) is 1. The Kier molecular flexibility index (Phi) is 4.69. The Morgan fingerprint density at radius 2 is 1.83 bits per heavy atom. The molecule has 3 aromatic rings. The first-order valence-corrected chi connectivity index (χ1v) is 7.76. The van der Waals surface area contributed by atoms with Crippen LogP contribution in [-0.2, 0) is 6.54 Å². The summed E-state index contributed by atoms with van der Waals surface area (Å²) in [5.41, 5.74) is 7.90. The van der Waals surface area contributed by atoms with Crippen LogP contribution in [0.25, 0.3) is 22.9 Å². The van der Waals surface area contributed by atoms with Crippen molar-refractivity contribution in [2.75, 3.05) is 13.7 Å². The molecule has 0 saturated heterocycles. The number of nitrogens with two attached hydrogens (primary N) is 1. The summed E-state index contributed by atoms with van der Waals surface area (Å²) < 4.78 is 7.69. The van der Waals surface area contributed by atoms with Crippen LogP contribution >= 0.6 is 0 Å². The predicted octanol–water partition coefficient (Wildman–Crippen LogP) is 3.27. The fourth-order valence-corrected chi connectivity index (χ4v) is 2.78. The number of pyridine rings is 1. The third-order valence-electron chi connectivity index (χ3n) is 3.92. The first-order valence-electron chi connectivity index (χ1n) is 7.76. The molecule has 0 bridgehead atoms. The Labute approximate surface area is 136 Å². The van der Waals surface area contributed by atoms with E-state index < -0.39 is 0 Å². The molecule has 0 unspecified atom stereocenters. The van der Waals surface area contributed by atoms with Crippen LogP contribution in [0.4, 0.5) is 0 Å². The lowest BCUT2D eigenvalue weighted by molar-refractivity contribution is -0.696. The summed E-state index contributed by atoms with van der Waals surface area (Å²) in [6, 6.07) is 18.6. The van der Waals surface area contributed by atoms with Crippen molar-refractivity contribution in [2.24, 2.45) is 5.73 Å². The van der Waals surface area contributed by atoms with E-state index in [0.29, 0.717) is 6.54 Å². The number of methoxy groups -OCH3 is 1. The van der Waals surface area contributed by atoms with Gasteiger partial charge in [0.2, 0.25) is 5.69 Å². The van der Waals surface area contributed by atoms with E-state index in [0.717, 1.165) is 23.6 Å². The second-order valence-electron chi connectivity index (χ2n) is 5.34. The Bertz CT molecular complexity index is 840. The van der Waals surface area contributed by atoms with E-state index in [9.17, 15) is 0 Å². The number of ether oxygens (including phenoxy) is 1. The SMILES string of the molecule is COc1ccc2ccccc2c1/C=C/c1cccc[n+]1CCN.